The monoisotopic (exact) mass is 308 g/mol. The second kappa shape index (κ2) is 6.24. The number of hydrogen-bond acceptors (Lipinski definition) is 2. The van der Waals surface area contributed by atoms with E-state index in [2.05, 4.69) is 5.32 Å². The second-order valence-corrected chi connectivity index (χ2v) is 6.03. The molecule has 118 valence electrons. The third-order valence-electron chi connectivity index (χ3n) is 4.34. The van der Waals surface area contributed by atoms with E-state index in [1.165, 1.54) is 5.56 Å². The molecule has 0 bridgehead atoms. The molecule has 0 spiro atoms. The Morgan fingerprint density at radius 2 is 1.83 bits per heavy atom. The molecule has 1 atom stereocenters. The van der Waals surface area contributed by atoms with Gasteiger partial charge in [0.15, 0.2) is 0 Å². The van der Waals surface area contributed by atoms with Crippen molar-refractivity contribution >= 4 is 23.2 Å². The maximum atomic E-state index is 12.4. The summed E-state index contributed by atoms with van der Waals surface area (Å²) in [6.45, 7) is 4.48. The van der Waals surface area contributed by atoms with Gasteiger partial charge in [0.1, 0.15) is 0 Å². The van der Waals surface area contributed by atoms with Gasteiger partial charge in [-0.2, -0.15) is 0 Å². The molecule has 4 heteroatoms. The molecule has 1 heterocycles. The van der Waals surface area contributed by atoms with E-state index in [1.54, 1.807) is 4.90 Å². The average Bonchev–Trinajstić information content (AvgIpc) is 2.94. The van der Waals surface area contributed by atoms with Gasteiger partial charge in [0, 0.05) is 24.3 Å². The molecule has 3 rings (SSSR count). The van der Waals surface area contributed by atoms with Gasteiger partial charge in [-0.15, -0.1) is 0 Å². The Morgan fingerprint density at radius 1 is 1.09 bits per heavy atom. The largest absolute Gasteiger partial charge is 0.326 e. The number of aryl methyl sites for hydroxylation is 2. The van der Waals surface area contributed by atoms with E-state index < -0.39 is 0 Å². The van der Waals surface area contributed by atoms with Crippen LogP contribution in [0, 0.1) is 19.8 Å². The number of anilines is 2. The van der Waals surface area contributed by atoms with Gasteiger partial charge < -0.3 is 10.2 Å². The van der Waals surface area contributed by atoms with Crippen molar-refractivity contribution in [2.24, 2.45) is 5.92 Å². The molecule has 1 aliphatic heterocycles. The van der Waals surface area contributed by atoms with Crippen LogP contribution in [-0.2, 0) is 9.59 Å². The van der Waals surface area contributed by atoms with Crippen molar-refractivity contribution in [2.45, 2.75) is 20.3 Å². The Labute approximate surface area is 136 Å². The third kappa shape index (κ3) is 3.26. The lowest BCUT2D eigenvalue weighted by Crippen LogP contribution is -2.28. The fraction of sp³-hybridized carbons (Fsp3) is 0.263. The molecule has 1 N–H and O–H groups in total. The first-order valence-electron chi connectivity index (χ1n) is 7.78. The number of benzene rings is 2. The molecular weight excluding hydrogens is 288 g/mol. The Hall–Kier alpha value is -2.62. The Kier molecular flexibility index (Phi) is 4.15. The van der Waals surface area contributed by atoms with E-state index in [9.17, 15) is 9.59 Å². The van der Waals surface area contributed by atoms with E-state index in [0.717, 1.165) is 16.9 Å². The summed E-state index contributed by atoms with van der Waals surface area (Å²) < 4.78 is 0. The van der Waals surface area contributed by atoms with Crippen molar-refractivity contribution in [3.05, 3.63) is 59.7 Å². The van der Waals surface area contributed by atoms with Crippen LogP contribution in [-0.4, -0.2) is 18.4 Å². The predicted molar refractivity (Wildman–Crippen MR) is 91.4 cm³/mol. The summed E-state index contributed by atoms with van der Waals surface area (Å²) in [6.07, 6.45) is 0.256. The van der Waals surface area contributed by atoms with Gasteiger partial charge in [-0.1, -0.05) is 24.3 Å². The van der Waals surface area contributed by atoms with Crippen LogP contribution in [0.15, 0.2) is 48.5 Å². The maximum Gasteiger partial charge on any atom is 0.229 e. The lowest BCUT2D eigenvalue weighted by Gasteiger charge is -2.16. The lowest BCUT2D eigenvalue weighted by molar-refractivity contribution is -0.122. The van der Waals surface area contributed by atoms with Crippen LogP contribution in [0.5, 0.6) is 0 Å². The normalized spacial score (nSPS) is 17.4. The summed E-state index contributed by atoms with van der Waals surface area (Å²) >= 11 is 0. The van der Waals surface area contributed by atoms with Gasteiger partial charge in [0.2, 0.25) is 11.8 Å². The molecule has 0 aliphatic carbocycles. The van der Waals surface area contributed by atoms with Crippen LogP contribution >= 0.6 is 0 Å². The predicted octanol–water partition coefficient (Wildman–Crippen LogP) is 3.30. The molecule has 1 fully saturated rings. The van der Waals surface area contributed by atoms with Crippen LogP contribution in [0.4, 0.5) is 11.4 Å². The summed E-state index contributed by atoms with van der Waals surface area (Å²) in [7, 11) is 0. The number of rotatable bonds is 3. The van der Waals surface area contributed by atoms with Gasteiger partial charge in [-0.05, 0) is 49.2 Å². The quantitative estimate of drug-likeness (QED) is 0.946. The van der Waals surface area contributed by atoms with E-state index in [4.69, 9.17) is 0 Å². The average molecular weight is 308 g/mol. The van der Waals surface area contributed by atoms with Gasteiger partial charge >= 0.3 is 0 Å². The number of hydrogen-bond donors (Lipinski definition) is 1. The molecular formula is C19H20N2O2. The van der Waals surface area contributed by atoms with Crippen LogP contribution in [0.1, 0.15) is 17.5 Å². The molecule has 2 amide bonds. The maximum absolute atomic E-state index is 12.4. The zero-order valence-corrected chi connectivity index (χ0v) is 13.4. The minimum Gasteiger partial charge on any atom is -0.326 e. The van der Waals surface area contributed by atoms with E-state index in [1.807, 2.05) is 62.4 Å². The molecule has 0 saturated carbocycles. The first-order chi connectivity index (χ1) is 11.0. The van der Waals surface area contributed by atoms with Crippen molar-refractivity contribution in [1.29, 1.82) is 0 Å². The molecule has 0 aromatic heterocycles. The highest BCUT2D eigenvalue weighted by Gasteiger charge is 2.35. The van der Waals surface area contributed by atoms with Crippen molar-refractivity contribution in [3.8, 4) is 0 Å². The number of carbonyl (C=O) groups is 2. The molecule has 2 aromatic rings. The summed E-state index contributed by atoms with van der Waals surface area (Å²) in [5.74, 6) is -0.416. The van der Waals surface area contributed by atoms with Crippen molar-refractivity contribution in [1.82, 2.24) is 0 Å². The van der Waals surface area contributed by atoms with E-state index in [0.29, 0.717) is 6.54 Å². The van der Waals surface area contributed by atoms with Crippen molar-refractivity contribution in [2.75, 3.05) is 16.8 Å². The molecule has 23 heavy (non-hydrogen) atoms. The van der Waals surface area contributed by atoms with Crippen LogP contribution in [0.3, 0.4) is 0 Å². The number of nitrogens with one attached hydrogen (secondary N) is 1. The number of carbonyl (C=O) groups excluding carboxylic acids is 2. The molecule has 2 aromatic carbocycles. The lowest BCUT2D eigenvalue weighted by atomic mass is 10.1. The first-order valence-corrected chi connectivity index (χ1v) is 7.78. The van der Waals surface area contributed by atoms with Gasteiger partial charge in [-0.3, -0.25) is 9.59 Å². The second-order valence-electron chi connectivity index (χ2n) is 6.03. The Balaban J connectivity index is 1.69. The van der Waals surface area contributed by atoms with Gasteiger partial charge in [-0.25, -0.2) is 0 Å². The fourth-order valence-electron chi connectivity index (χ4n) is 2.80. The molecule has 1 aliphatic rings. The summed E-state index contributed by atoms with van der Waals surface area (Å²) in [4.78, 5) is 26.3. The molecule has 0 unspecified atom stereocenters. The first kappa shape index (κ1) is 15.3. The standard InChI is InChI=1S/C19H20N2O2/c1-13-8-9-16(10-14(13)2)20-19(23)15-11-18(22)21(12-15)17-6-4-3-5-7-17/h3-10,15H,11-12H2,1-2H3,(H,20,23)/t15-/m1/s1. The topological polar surface area (TPSA) is 49.4 Å². The number of amides is 2. The minimum absolute atomic E-state index is 0.00330. The third-order valence-corrected chi connectivity index (χ3v) is 4.34. The summed E-state index contributed by atoms with van der Waals surface area (Å²) in [5.41, 5.74) is 3.95. The minimum atomic E-state index is -0.315. The molecule has 0 radical (unpaired) electrons. The fourth-order valence-corrected chi connectivity index (χ4v) is 2.80. The highest BCUT2D eigenvalue weighted by Crippen LogP contribution is 2.26. The van der Waals surface area contributed by atoms with Crippen molar-refractivity contribution in [3.63, 3.8) is 0 Å². The number of nitrogens with zero attached hydrogens (tertiary/aromatic N) is 1. The van der Waals surface area contributed by atoms with Crippen LogP contribution < -0.4 is 10.2 Å². The summed E-state index contributed by atoms with van der Waals surface area (Å²) in [6, 6.07) is 15.3. The zero-order valence-electron chi connectivity index (χ0n) is 13.4. The van der Waals surface area contributed by atoms with Crippen molar-refractivity contribution < 1.29 is 9.59 Å². The molecule has 4 nitrogen and oxygen atoms in total. The Bertz CT molecular complexity index is 740. The van der Waals surface area contributed by atoms with Gasteiger partial charge in [0.25, 0.3) is 0 Å². The van der Waals surface area contributed by atoms with E-state index in [-0.39, 0.29) is 24.2 Å². The SMILES string of the molecule is Cc1ccc(NC(=O)[C@@H]2CC(=O)N(c3ccccc3)C2)cc1C. The zero-order chi connectivity index (χ0) is 16.4. The van der Waals surface area contributed by atoms with Gasteiger partial charge in [0.05, 0.1) is 5.92 Å². The molecule has 1 saturated heterocycles. The van der Waals surface area contributed by atoms with E-state index >= 15 is 0 Å². The van der Waals surface area contributed by atoms with Crippen LogP contribution in [0.2, 0.25) is 0 Å². The Morgan fingerprint density at radius 3 is 2.52 bits per heavy atom. The highest BCUT2D eigenvalue weighted by molar-refractivity contribution is 6.03. The van der Waals surface area contributed by atoms with Crippen LogP contribution in [0.25, 0.3) is 0 Å². The summed E-state index contributed by atoms with van der Waals surface area (Å²) in [5, 5.41) is 2.93. The highest BCUT2D eigenvalue weighted by atomic mass is 16.2. The smallest absolute Gasteiger partial charge is 0.229 e. The number of para-hydroxylation sites is 1.